The zero-order valence-electron chi connectivity index (χ0n) is 17.8. The van der Waals surface area contributed by atoms with Gasteiger partial charge in [-0.05, 0) is 54.9 Å². The molecule has 2 aromatic heterocycles. The van der Waals surface area contributed by atoms with Crippen molar-refractivity contribution in [3.8, 4) is 0 Å². The van der Waals surface area contributed by atoms with E-state index in [1.165, 1.54) is 43.8 Å². The molecular formula is C24H27F2N3O2. The Balaban J connectivity index is 0.000000179. The Morgan fingerprint density at radius 1 is 1.23 bits per heavy atom. The summed E-state index contributed by atoms with van der Waals surface area (Å²) in [6, 6.07) is 5.99. The van der Waals surface area contributed by atoms with Crippen LogP contribution in [0.4, 0.5) is 8.78 Å². The van der Waals surface area contributed by atoms with Gasteiger partial charge in [-0.1, -0.05) is 32.3 Å². The average Bonchev–Trinajstić information content (AvgIpc) is 2.78. The van der Waals surface area contributed by atoms with E-state index < -0.39 is 17.5 Å². The maximum atomic E-state index is 13.6. The van der Waals surface area contributed by atoms with Crippen LogP contribution in [0.15, 0.2) is 41.5 Å². The lowest BCUT2D eigenvalue weighted by molar-refractivity contribution is 0.0997. The van der Waals surface area contributed by atoms with Gasteiger partial charge in [0.2, 0.25) is 0 Å². The molecule has 1 fully saturated rings. The molecule has 1 saturated carbocycles. The third-order valence-corrected chi connectivity index (χ3v) is 6.09. The molecule has 1 aliphatic rings. The number of amides is 1. The predicted molar refractivity (Wildman–Crippen MR) is 117 cm³/mol. The van der Waals surface area contributed by atoms with Crippen LogP contribution < -0.4 is 11.2 Å². The molecule has 3 aromatic rings. The number of carbonyl (C=O) groups excluding carboxylic acids is 1. The molecule has 2 unspecified atom stereocenters. The Bertz CT molecular complexity index is 1140. The van der Waals surface area contributed by atoms with Crippen molar-refractivity contribution in [2.24, 2.45) is 11.7 Å². The Hall–Kier alpha value is -3.09. The van der Waals surface area contributed by atoms with Gasteiger partial charge in [0.05, 0.1) is 10.9 Å². The second-order valence-electron chi connectivity index (χ2n) is 8.00. The summed E-state index contributed by atoms with van der Waals surface area (Å²) >= 11 is 0. The summed E-state index contributed by atoms with van der Waals surface area (Å²) in [5.74, 6) is -0.924. The Morgan fingerprint density at radius 2 is 2.00 bits per heavy atom. The number of benzene rings is 1. The van der Waals surface area contributed by atoms with E-state index in [-0.39, 0.29) is 16.5 Å². The number of nitrogens with one attached hydrogen (secondary N) is 1. The molecule has 1 amide bonds. The van der Waals surface area contributed by atoms with Crippen molar-refractivity contribution in [2.75, 3.05) is 0 Å². The van der Waals surface area contributed by atoms with Crippen molar-refractivity contribution in [1.82, 2.24) is 9.97 Å². The lowest BCUT2D eigenvalue weighted by Crippen LogP contribution is -2.17. The van der Waals surface area contributed by atoms with Gasteiger partial charge in [0.15, 0.2) is 17.1 Å². The summed E-state index contributed by atoms with van der Waals surface area (Å²) < 4.78 is 26.6. The monoisotopic (exact) mass is 427 g/mol. The Labute approximate surface area is 179 Å². The van der Waals surface area contributed by atoms with Crippen LogP contribution in [0.5, 0.6) is 0 Å². The number of carbonyl (C=O) groups is 1. The predicted octanol–water partition coefficient (Wildman–Crippen LogP) is 4.98. The fraction of sp³-hybridized carbons (Fsp3) is 0.375. The van der Waals surface area contributed by atoms with Gasteiger partial charge >= 0.3 is 0 Å². The van der Waals surface area contributed by atoms with E-state index >= 15 is 0 Å². The standard InChI is InChI=1S/C15H20F2.C9H7N3O2/c1-3-11-5-4-6-12(9-11)13-7-8-14(16)15(17)10(13)2;10-9(14)8-7-5(1-3-12-8)11-4-2-6(7)13/h7-8,11-12H,3-6,9H2,1-2H3;1-4H,(H2,10,14)(H,11,13). The number of hydrogen-bond donors (Lipinski definition) is 2. The smallest absolute Gasteiger partial charge is 0.268 e. The number of aromatic nitrogens is 2. The lowest BCUT2D eigenvalue weighted by atomic mass is 9.76. The van der Waals surface area contributed by atoms with Crippen LogP contribution in [0, 0.1) is 24.5 Å². The highest BCUT2D eigenvalue weighted by Gasteiger charge is 2.24. The molecular weight excluding hydrogens is 400 g/mol. The van der Waals surface area contributed by atoms with Crippen molar-refractivity contribution in [2.45, 2.75) is 51.9 Å². The Morgan fingerprint density at radius 3 is 2.71 bits per heavy atom. The van der Waals surface area contributed by atoms with Crippen molar-refractivity contribution in [3.63, 3.8) is 0 Å². The molecule has 1 aromatic carbocycles. The minimum atomic E-state index is -0.728. The largest absolute Gasteiger partial charge is 0.364 e. The van der Waals surface area contributed by atoms with Crippen LogP contribution in [0.3, 0.4) is 0 Å². The molecule has 31 heavy (non-hydrogen) atoms. The van der Waals surface area contributed by atoms with Crippen molar-refractivity contribution in [1.29, 1.82) is 0 Å². The molecule has 0 saturated heterocycles. The molecule has 3 N–H and O–H groups in total. The van der Waals surface area contributed by atoms with Crippen LogP contribution in [-0.4, -0.2) is 15.9 Å². The number of rotatable bonds is 3. The van der Waals surface area contributed by atoms with Gasteiger partial charge in [-0.3, -0.25) is 14.6 Å². The second kappa shape index (κ2) is 9.81. The van der Waals surface area contributed by atoms with Crippen LogP contribution in [0.25, 0.3) is 10.9 Å². The van der Waals surface area contributed by atoms with Crippen LogP contribution in [0.1, 0.15) is 66.6 Å². The molecule has 0 aliphatic heterocycles. The normalized spacial score (nSPS) is 18.3. The van der Waals surface area contributed by atoms with Gasteiger partial charge in [0, 0.05) is 18.5 Å². The maximum Gasteiger partial charge on any atom is 0.268 e. The summed E-state index contributed by atoms with van der Waals surface area (Å²) in [5.41, 5.74) is 6.91. The van der Waals surface area contributed by atoms with E-state index in [0.717, 1.165) is 24.3 Å². The first-order chi connectivity index (χ1) is 14.8. The number of nitrogens with zero attached hydrogens (tertiary/aromatic N) is 1. The van der Waals surface area contributed by atoms with Crippen molar-refractivity contribution < 1.29 is 13.6 Å². The summed E-state index contributed by atoms with van der Waals surface area (Å²) in [4.78, 5) is 29.0. The van der Waals surface area contributed by atoms with E-state index in [2.05, 4.69) is 16.9 Å². The number of pyridine rings is 2. The lowest BCUT2D eigenvalue weighted by Gasteiger charge is -2.29. The molecule has 1 aliphatic carbocycles. The number of primary amides is 1. The molecule has 164 valence electrons. The molecule has 0 spiro atoms. The highest BCUT2D eigenvalue weighted by atomic mass is 19.2. The van der Waals surface area contributed by atoms with E-state index in [4.69, 9.17) is 5.73 Å². The zero-order valence-corrected chi connectivity index (χ0v) is 17.8. The topological polar surface area (TPSA) is 88.8 Å². The first-order valence-corrected chi connectivity index (χ1v) is 10.5. The number of H-pyrrole nitrogens is 1. The minimum Gasteiger partial charge on any atom is -0.364 e. The van der Waals surface area contributed by atoms with Gasteiger partial charge in [0.25, 0.3) is 5.91 Å². The number of halogens is 2. The maximum absolute atomic E-state index is 13.6. The summed E-state index contributed by atoms with van der Waals surface area (Å²) in [6.45, 7) is 3.91. The highest BCUT2D eigenvalue weighted by molar-refractivity contribution is 6.03. The number of nitrogens with two attached hydrogens (primary N) is 1. The van der Waals surface area contributed by atoms with E-state index in [1.807, 2.05) is 0 Å². The third-order valence-electron chi connectivity index (χ3n) is 6.09. The van der Waals surface area contributed by atoms with Gasteiger partial charge in [-0.25, -0.2) is 8.78 Å². The molecule has 2 heterocycles. The average molecular weight is 427 g/mol. The SMILES string of the molecule is CCC1CCCC(c2ccc(F)c(F)c2C)C1.NC(=O)c1nccc2[nH]ccc(=O)c12. The first kappa shape index (κ1) is 22.6. The van der Waals surface area contributed by atoms with Crippen molar-refractivity contribution in [3.05, 3.63) is 75.3 Å². The summed E-state index contributed by atoms with van der Waals surface area (Å²) in [5, 5.41) is 0.238. The zero-order chi connectivity index (χ0) is 22.5. The Kier molecular flexibility index (Phi) is 7.15. The van der Waals surface area contributed by atoms with Crippen molar-refractivity contribution >= 4 is 16.8 Å². The van der Waals surface area contributed by atoms with Gasteiger partial charge in [-0.2, -0.15) is 0 Å². The third kappa shape index (κ3) is 4.98. The number of fused-ring (bicyclic) bond motifs is 1. The van der Waals surface area contributed by atoms with E-state index in [0.29, 0.717) is 17.0 Å². The fourth-order valence-corrected chi connectivity index (χ4v) is 4.36. The minimum absolute atomic E-state index is 0.00403. The number of aromatic amines is 1. The van der Waals surface area contributed by atoms with Crippen LogP contribution in [0.2, 0.25) is 0 Å². The van der Waals surface area contributed by atoms with Crippen LogP contribution >= 0.6 is 0 Å². The summed E-state index contributed by atoms with van der Waals surface area (Å²) in [6.07, 6.45) is 8.87. The summed E-state index contributed by atoms with van der Waals surface area (Å²) in [7, 11) is 0. The molecule has 2 atom stereocenters. The highest BCUT2D eigenvalue weighted by Crippen LogP contribution is 2.39. The van der Waals surface area contributed by atoms with Gasteiger partial charge < -0.3 is 10.7 Å². The number of hydrogen-bond acceptors (Lipinski definition) is 3. The van der Waals surface area contributed by atoms with Crippen LogP contribution in [-0.2, 0) is 0 Å². The molecule has 0 radical (unpaired) electrons. The van der Waals surface area contributed by atoms with E-state index in [9.17, 15) is 18.4 Å². The molecule has 7 heteroatoms. The molecule has 5 nitrogen and oxygen atoms in total. The molecule has 4 rings (SSSR count). The second-order valence-corrected chi connectivity index (χ2v) is 8.00. The first-order valence-electron chi connectivity index (χ1n) is 10.5. The fourth-order valence-electron chi connectivity index (χ4n) is 4.36. The molecule has 0 bridgehead atoms. The quantitative estimate of drug-likeness (QED) is 0.618. The van der Waals surface area contributed by atoms with E-state index in [1.54, 1.807) is 19.1 Å². The van der Waals surface area contributed by atoms with Gasteiger partial charge in [0.1, 0.15) is 5.69 Å². The van der Waals surface area contributed by atoms with Gasteiger partial charge in [-0.15, -0.1) is 0 Å².